The van der Waals surface area contributed by atoms with Crippen molar-refractivity contribution in [3.05, 3.63) is 65.2 Å². The van der Waals surface area contributed by atoms with Crippen LogP contribution in [0.4, 0.5) is 18.9 Å². The number of rotatable bonds is 6. The van der Waals surface area contributed by atoms with E-state index >= 15 is 0 Å². The van der Waals surface area contributed by atoms with Crippen LogP contribution in [0.3, 0.4) is 0 Å². The highest BCUT2D eigenvalue weighted by Gasteiger charge is 2.44. The molecule has 1 fully saturated rings. The summed E-state index contributed by atoms with van der Waals surface area (Å²) in [5.41, 5.74) is 1.50. The molecule has 2 unspecified atom stereocenters. The second-order valence-corrected chi connectivity index (χ2v) is 6.65. The standard InChI is InChI=1S/C20H18F3NO3/c21-20(22,23)14-6-4-13(5-7-14)16-11-17(16)19(27)24-15-8-1-12(2-9-15)3-10-18(25)26/h1-2,4-9,16-17H,3,10-11H2,(H,24,27)(H,25,26). The molecular weight excluding hydrogens is 359 g/mol. The second kappa shape index (κ2) is 7.42. The number of hydrogen-bond acceptors (Lipinski definition) is 2. The Morgan fingerprint density at radius 1 is 1.04 bits per heavy atom. The summed E-state index contributed by atoms with van der Waals surface area (Å²) in [5, 5.41) is 11.5. The molecule has 0 spiro atoms. The van der Waals surface area contributed by atoms with Crippen molar-refractivity contribution in [2.75, 3.05) is 5.32 Å². The number of nitrogens with one attached hydrogen (secondary N) is 1. The summed E-state index contributed by atoms with van der Waals surface area (Å²) in [6, 6.07) is 11.9. The van der Waals surface area contributed by atoms with Crippen LogP contribution < -0.4 is 5.32 Å². The van der Waals surface area contributed by atoms with E-state index in [1.54, 1.807) is 24.3 Å². The highest BCUT2D eigenvalue weighted by molar-refractivity contribution is 5.95. The first kappa shape index (κ1) is 18.9. The summed E-state index contributed by atoms with van der Waals surface area (Å²) in [4.78, 5) is 22.9. The van der Waals surface area contributed by atoms with Crippen LogP contribution in [0.15, 0.2) is 48.5 Å². The minimum absolute atomic E-state index is 0.0442. The zero-order valence-electron chi connectivity index (χ0n) is 14.3. The number of halogens is 3. The van der Waals surface area contributed by atoms with Gasteiger partial charge in [0.1, 0.15) is 0 Å². The van der Waals surface area contributed by atoms with Crippen LogP contribution in [-0.4, -0.2) is 17.0 Å². The first-order valence-electron chi connectivity index (χ1n) is 8.53. The van der Waals surface area contributed by atoms with E-state index in [4.69, 9.17) is 5.11 Å². The van der Waals surface area contributed by atoms with Crippen LogP contribution in [0.5, 0.6) is 0 Å². The van der Waals surface area contributed by atoms with Gasteiger partial charge in [-0.25, -0.2) is 0 Å². The molecule has 2 aromatic rings. The molecular formula is C20H18F3NO3. The van der Waals surface area contributed by atoms with Gasteiger partial charge in [-0.05, 0) is 54.2 Å². The highest BCUT2D eigenvalue weighted by Crippen LogP contribution is 2.48. The zero-order valence-corrected chi connectivity index (χ0v) is 14.3. The summed E-state index contributed by atoms with van der Waals surface area (Å²) in [6.07, 6.45) is -3.30. The molecule has 2 atom stereocenters. The van der Waals surface area contributed by atoms with Gasteiger partial charge in [0.05, 0.1) is 5.56 Å². The number of benzene rings is 2. The molecule has 0 saturated heterocycles. The first-order valence-corrected chi connectivity index (χ1v) is 8.53. The van der Waals surface area contributed by atoms with Crippen LogP contribution in [0, 0.1) is 5.92 Å². The molecule has 0 aromatic heterocycles. The summed E-state index contributed by atoms with van der Waals surface area (Å²) in [7, 11) is 0. The van der Waals surface area contributed by atoms with Gasteiger partial charge in [-0.2, -0.15) is 13.2 Å². The normalized spacial score (nSPS) is 18.8. The molecule has 1 amide bonds. The molecule has 1 aliphatic carbocycles. The fourth-order valence-electron chi connectivity index (χ4n) is 3.01. The lowest BCUT2D eigenvalue weighted by molar-refractivity contribution is -0.138. The third-order valence-electron chi connectivity index (χ3n) is 4.64. The average molecular weight is 377 g/mol. The lowest BCUT2D eigenvalue weighted by atomic mass is 10.1. The molecule has 0 radical (unpaired) electrons. The van der Waals surface area contributed by atoms with Gasteiger partial charge in [0.2, 0.25) is 5.91 Å². The maximum atomic E-state index is 12.6. The van der Waals surface area contributed by atoms with Crippen molar-refractivity contribution in [3.8, 4) is 0 Å². The van der Waals surface area contributed by atoms with Gasteiger partial charge in [0.15, 0.2) is 0 Å². The van der Waals surface area contributed by atoms with E-state index in [9.17, 15) is 22.8 Å². The summed E-state index contributed by atoms with van der Waals surface area (Å²) in [5.74, 6) is -1.36. The second-order valence-electron chi connectivity index (χ2n) is 6.65. The molecule has 1 saturated carbocycles. The largest absolute Gasteiger partial charge is 0.481 e. The Kier molecular flexibility index (Phi) is 5.21. The molecule has 7 heteroatoms. The molecule has 2 N–H and O–H groups in total. The smallest absolute Gasteiger partial charge is 0.416 e. The number of carboxylic acids is 1. The van der Waals surface area contributed by atoms with E-state index in [2.05, 4.69) is 5.32 Å². The maximum Gasteiger partial charge on any atom is 0.416 e. The van der Waals surface area contributed by atoms with E-state index in [0.717, 1.165) is 23.3 Å². The minimum atomic E-state index is -4.37. The van der Waals surface area contributed by atoms with Gasteiger partial charge in [-0.15, -0.1) is 0 Å². The van der Waals surface area contributed by atoms with Gasteiger partial charge < -0.3 is 10.4 Å². The number of alkyl halides is 3. The Morgan fingerprint density at radius 3 is 2.22 bits per heavy atom. The van der Waals surface area contributed by atoms with Crippen LogP contribution >= 0.6 is 0 Å². The number of carboxylic acid groups (broad SMARTS) is 1. The number of carbonyl (C=O) groups is 2. The number of anilines is 1. The van der Waals surface area contributed by atoms with E-state index < -0.39 is 17.7 Å². The Morgan fingerprint density at radius 2 is 1.67 bits per heavy atom. The maximum absolute atomic E-state index is 12.6. The number of aryl methyl sites for hydroxylation is 1. The molecule has 0 aliphatic heterocycles. The minimum Gasteiger partial charge on any atom is -0.481 e. The van der Waals surface area contributed by atoms with Gasteiger partial charge >= 0.3 is 12.1 Å². The zero-order chi connectivity index (χ0) is 19.6. The highest BCUT2D eigenvalue weighted by atomic mass is 19.4. The average Bonchev–Trinajstić information content (AvgIpc) is 3.41. The first-order chi connectivity index (χ1) is 12.7. The van der Waals surface area contributed by atoms with Gasteiger partial charge in [0.25, 0.3) is 0 Å². The van der Waals surface area contributed by atoms with Gasteiger partial charge in [-0.1, -0.05) is 24.3 Å². The monoisotopic (exact) mass is 377 g/mol. The van der Waals surface area contributed by atoms with E-state index in [1.807, 2.05) is 0 Å². The topological polar surface area (TPSA) is 66.4 Å². The van der Waals surface area contributed by atoms with Crippen molar-refractivity contribution in [2.45, 2.75) is 31.4 Å². The van der Waals surface area contributed by atoms with Gasteiger partial charge in [-0.3, -0.25) is 9.59 Å². The molecule has 3 rings (SSSR count). The summed E-state index contributed by atoms with van der Waals surface area (Å²) >= 11 is 0. The molecule has 4 nitrogen and oxygen atoms in total. The number of aliphatic carboxylic acids is 1. The molecule has 27 heavy (non-hydrogen) atoms. The van der Waals surface area contributed by atoms with E-state index in [1.165, 1.54) is 12.1 Å². The predicted molar refractivity (Wildman–Crippen MR) is 93.3 cm³/mol. The quantitative estimate of drug-likeness (QED) is 0.781. The Bertz CT molecular complexity index is 829. The predicted octanol–water partition coefficient (Wildman–Crippen LogP) is 4.46. The van der Waals surface area contributed by atoms with Crippen LogP contribution in [0.25, 0.3) is 0 Å². The van der Waals surface area contributed by atoms with E-state index in [-0.39, 0.29) is 24.2 Å². The fraction of sp³-hybridized carbons (Fsp3) is 0.300. The van der Waals surface area contributed by atoms with Crippen molar-refractivity contribution in [1.29, 1.82) is 0 Å². The Labute approximate surface area is 154 Å². The third-order valence-corrected chi connectivity index (χ3v) is 4.64. The number of hydrogen-bond donors (Lipinski definition) is 2. The molecule has 0 bridgehead atoms. The summed E-state index contributed by atoms with van der Waals surface area (Å²) < 4.78 is 37.8. The third kappa shape index (κ3) is 4.87. The van der Waals surface area contributed by atoms with Gasteiger partial charge in [0, 0.05) is 18.0 Å². The van der Waals surface area contributed by atoms with Crippen LogP contribution in [0.2, 0.25) is 0 Å². The Balaban J connectivity index is 1.55. The fourth-order valence-corrected chi connectivity index (χ4v) is 3.01. The molecule has 0 heterocycles. The lowest BCUT2D eigenvalue weighted by Crippen LogP contribution is -2.14. The number of carbonyl (C=O) groups excluding carboxylic acids is 1. The SMILES string of the molecule is O=C(O)CCc1ccc(NC(=O)C2CC2c2ccc(C(F)(F)F)cc2)cc1. The number of amides is 1. The molecule has 142 valence electrons. The van der Waals surface area contributed by atoms with Crippen molar-refractivity contribution in [1.82, 2.24) is 0 Å². The van der Waals surface area contributed by atoms with Crippen LogP contribution in [0.1, 0.15) is 35.4 Å². The van der Waals surface area contributed by atoms with E-state index in [0.29, 0.717) is 18.5 Å². The van der Waals surface area contributed by atoms with Crippen molar-refractivity contribution >= 4 is 17.6 Å². The molecule has 2 aromatic carbocycles. The van der Waals surface area contributed by atoms with Crippen molar-refractivity contribution in [3.63, 3.8) is 0 Å². The molecule has 1 aliphatic rings. The van der Waals surface area contributed by atoms with Crippen LogP contribution in [-0.2, 0) is 22.2 Å². The Hall–Kier alpha value is -2.83. The summed E-state index contributed by atoms with van der Waals surface area (Å²) in [6.45, 7) is 0. The van der Waals surface area contributed by atoms with Crippen molar-refractivity contribution in [2.24, 2.45) is 5.92 Å². The van der Waals surface area contributed by atoms with Crippen molar-refractivity contribution < 1.29 is 27.9 Å². The lowest BCUT2D eigenvalue weighted by Gasteiger charge is -2.08.